The highest BCUT2D eigenvalue weighted by molar-refractivity contribution is 5.33. The minimum Gasteiger partial charge on any atom is -0.493 e. The molecule has 0 aliphatic rings. The van der Waals surface area contributed by atoms with E-state index >= 15 is 0 Å². The molecule has 1 N–H and O–H groups in total. The number of hydrogen-bond donors (Lipinski definition) is 1. The monoisotopic (exact) mass is 277 g/mol. The van der Waals surface area contributed by atoms with E-state index < -0.39 is 0 Å². The van der Waals surface area contributed by atoms with Crippen molar-refractivity contribution in [2.75, 3.05) is 13.7 Å². The second-order valence-corrected chi connectivity index (χ2v) is 4.77. The Labute approximate surface area is 119 Å². The summed E-state index contributed by atoms with van der Waals surface area (Å²) >= 11 is 0. The summed E-state index contributed by atoms with van der Waals surface area (Å²) in [7, 11) is 3.65. The van der Waals surface area contributed by atoms with Gasteiger partial charge in [-0.05, 0) is 19.9 Å². The van der Waals surface area contributed by atoms with Crippen LogP contribution in [0, 0.1) is 0 Å². The first kappa shape index (κ1) is 14.6. The first-order valence-electron chi connectivity index (χ1n) is 7.02. The maximum absolute atomic E-state index is 5.46. The van der Waals surface area contributed by atoms with Gasteiger partial charge in [-0.25, -0.2) is 4.98 Å². The highest BCUT2D eigenvalue weighted by Crippen LogP contribution is 2.29. The Hall–Kier alpha value is -1.82. The molecule has 1 unspecified atom stereocenters. The topological polar surface area (TPSA) is 56.9 Å². The lowest BCUT2D eigenvalue weighted by Gasteiger charge is -2.19. The Bertz CT molecular complexity index is 524. The summed E-state index contributed by atoms with van der Waals surface area (Å²) in [4.78, 5) is 4.48. The molecule has 110 valence electrons. The number of aryl methyl sites for hydroxylation is 2. The van der Waals surface area contributed by atoms with Gasteiger partial charge >= 0.3 is 0 Å². The van der Waals surface area contributed by atoms with Crippen LogP contribution in [0.25, 0.3) is 0 Å². The molecule has 0 saturated carbocycles. The molecule has 6 heteroatoms. The van der Waals surface area contributed by atoms with Crippen LogP contribution in [0.2, 0.25) is 0 Å². The highest BCUT2D eigenvalue weighted by atomic mass is 16.5. The van der Waals surface area contributed by atoms with E-state index in [-0.39, 0.29) is 6.04 Å². The van der Waals surface area contributed by atoms with Gasteiger partial charge in [0.1, 0.15) is 5.69 Å². The summed E-state index contributed by atoms with van der Waals surface area (Å²) in [5.74, 6) is 0.797. The predicted octanol–water partition coefficient (Wildman–Crippen LogP) is 1.73. The molecule has 0 fully saturated rings. The standard InChI is InChI=1S/C14H23N5O/c1-5-7-15-13(11-9-18(3)10-16-11)14-12(20-4)8-17-19(14)6-2/h8-10,13,15H,5-7H2,1-4H3. The average Bonchev–Trinajstić information content (AvgIpc) is 3.06. The van der Waals surface area contributed by atoms with E-state index in [4.69, 9.17) is 4.74 Å². The minimum absolute atomic E-state index is 0.00597. The third-order valence-electron chi connectivity index (χ3n) is 3.26. The second kappa shape index (κ2) is 6.56. The normalized spacial score (nSPS) is 12.6. The number of rotatable bonds is 7. The molecule has 20 heavy (non-hydrogen) atoms. The maximum Gasteiger partial charge on any atom is 0.161 e. The summed E-state index contributed by atoms with van der Waals surface area (Å²) in [5.41, 5.74) is 2.01. The third kappa shape index (κ3) is 2.85. The largest absolute Gasteiger partial charge is 0.493 e. The smallest absolute Gasteiger partial charge is 0.161 e. The maximum atomic E-state index is 5.46. The van der Waals surface area contributed by atoms with Gasteiger partial charge in [-0.2, -0.15) is 5.10 Å². The Morgan fingerprint density at radius 2 is 2.20 bits per heavy atom. The van der Waals surface area contributed by atoms with Crippen LogP contribution in [0.5, 0.6) is 5.75 Å². The number of nitrogens with zero attached hydrogens (tertiary/aromatic N) is 4. The van der Waals surface area contributed by atoms with E-state index in [1.165, 1.54) is 0 Å². The van der Waals surface area contributed by atoms with Crippen molar-refractivity contribution in [3.05, 3.63) is 30.1 Å². The molecule has 0 amide bonds. The van der Waals surface area contributed by atoms with Crippen LogP contribution in [-0.4, -0.2) is 33.0 Å². The summed E-state index contributed by atoms with van der Waals surface area (Å²) in [6.45, 7) is 5.94. The summed E-state index contributed by atoms with van der Waals surface area (Å²) in [5, 5.41) is 7.92. The molecule has 2 rings (SSSR count). The fraction of sp³-hybridized carbons (Fsp3) is 0.571. The molecule has 2 aromatic heterocycles. The number of methoxy groups -OCH3 is 1. The van der Waals surface area contributed by atoms with Crippen molar-refractivity contribution in [1.82, 2.24) is 24.6 Å². The van der Waals surface area contributed by atoms with E-state index in [0.29, 0.717) is 0 Å². The van der Waals surface area contributed by atoms with Crippen molar-refractivity contribution in [1.29, 1.82) is 0 Å². The highest BCUT2D eigenvalue weighted by Gasteiger charge is 2.24. The zero-order valence-electron chi connectivity index (χ0n) is 12.6. The predicted molar refractivity (Wildman–Crippen MR) is 77.8 cm³/mol. The van der Waals surface area contributed by atoms with E-state index in [1.54, 1.807) is 13.3 Å². The van der Waals surface area contributed by atoms with Crippen molar-refractivity contribution in [3.8, 4) is 5.75 Å². The van der Waals surface area contributed by atoms with Crippen LogP contribution in [0.3, 0.4) is 0 Å². The molecule has 0 bridgehead atoms. The van der Waals surface area contributed by atoms with Gasteiger partial charge in [0, 0.05) is 19.8 Å². The van der Waals surface area contributed by atoms with Crippen LogP contribution in [0.1, 0.15) is 37.7 Å². The van der Waals surface area contributed by atoms with Crippen LogP contribution >= 0.6 is 0 Å². The van der Waals surface area contributed by atoms with Crippen LogP contribution in [0.4, 0.5) is 0 Å². The van der Waals surface area contributed by atoms with E-state index in [9.17, 15) is 0 Å². The molecule has 0 aromatic carbocycles. The second-order valence-electron chi connectivity index (χ2n) is 4.77. The van der Waals surface area contributed by atoms with Gasteiger partial charge < -0.3 is 14.6 Å². The molecule has 2 aromatic rings. The molecule has 0 aliphatic heterocycles. The Morgan fingerprint density at radius 3 is 2.75 bits per heavy atom. The quantitative estimate of drug-likeness (QED) is 0.837. The number of ether oxygens (including phenoxy) is 1. The molecule has 0 spiro atoms. The average molecular weight is 277 g/mol. The molecule has 0 saturated heterocycles. The van der Waals surface area contributed by atoms with Crippen LogP contribution in [-0.2, 0) is 13.6 Å². The first-order valence-corrected chi connectivity index (χ1v) is 7.02. The Kier molecular flexibility index (Phi) is 4.79. The lowest BCUT2D eigenvalue weighted by molar-refractivity contribution is 0.398. The first-order chi connectivity index (χ1) is 9.71. The lowest BCUT2D eigenvalue weighted by atomic mass is 10.1. The van der Waals surface area contributed by atoms with Gasteiger partial charge in [-0.15, -0.1) is 0 Å². The molecule has 6 nitrogen and oxygen atoms in total. The zero-order chi connectivity index (χ0) is 14.5. The van der Waals surface area contributed by atoms with Crippen molar-refractivity contribution >= 4 is 0 Å². The molecule has 0 radical (unpaired) electrons. The molecule has 1 atom stereocenters. The van der Waals surface area contributed by atoms with Gasteiger partial charge in [-0.1, -0.05) is 6.92 Å². The molecular weight excluding hydrogens is 254 g/mol. The van der Waals surface area contributed by atoms with E-state index in [2.05, 4.69) is 29.2 Å². The minimum atomic E-state index is -0.00597. The summed E-state index contributed by atoms with van der Waals surface area (Å²) < 4.78 is 9.37. The number of nitrogens with one attached hydrogen (secondary N) is 1. The van der Waals surface area contributed by atoms with Gasteiger partial charge in [-0.3, -0.25) is 4.68 Å². The van der Waals surface area contributed by atoms with Crippen molar-refractivity contribution in [3.63, 3.8) is 0 Å². The van der Waals surface area contributed by atoms with Gasteiger partial charge in [0.05, 0.1) is 31.4 Å². The summed E-state index contributed by atoms with van der Waals surface area (Å²) in [6.07, 6.45) is 6.67. The number of imidazole rings is 1. The Balaban J connectivity index is 2.42. The van der Waals surface area contributed by atoms with Gasteiger partial charge in [0.25, 0.3) is 0 Å². The van der Waals surface area contributed by atoms with Crippen LogP contribution < -0.4 is 10.1 Å². The number of aromatic nitrogens is 4. The fourth-order valence-electron chi connectivity index (χ4n) is 2.29. The van der Waals surface area contributed by atoms with E-state index in [1.807, 2.05) is 28.8 Å². The Morgan fingerprint density at radius 1 is 1.40 bits per heavy atom. The lowest BCUT2D eigenvalue weighted by Crippen LogP contribution is -2.26. The zero-order valence-corrected chi connectivity index (χ0v) is 12.6. The van der Waals surface area contributed by atoms with E-state index in [0.717, 1.165) is 36.6 Å². The number of hydrogen-bond acceptors (Lipinski definition) is 4. The van der Waals surface area contributed by atoms with Crippen LogP contribution in [0.15, 0.2) is 18.7 Å². The fourth-order valence-corrected chi connectivity index (χ4v) is 2.29. The molecule has 2 heterocycles. The van der Waals surface area contributed by atoms with Crippen molar-refractivity contribution in [2.24, 2.45) is 7.05 Å². The van der Waals surface area contributed by atoms with Crippen molar-refractivity contribution in [2.45, 2.75) is 32.9 Å². The summed E-state index contributed by atoms with van der Waals surface area (Å²) in [6, 6.07) is -0.00597. The van der Waals surface area contributed by atoms with Crippen molar-refractivity contribution < 1.29 is 4.74 Å². The van der Waals surface area contributed by atoms with Gasteiger partial charge in [0.15, 0.2) is 5.75 Å². The molecule has 0 aliphatic carbocycles. The molecular formula is C14H23N5O. The van der Waals surface area contributed by atoms with Gasteiger partial charge in [0.2, 0.25) is 0 Å². The SMILES string of the molecule is CCCNC(c1cn(C)cn1)c1c(OC)cnn1CC. The third-order valence-corrected chi connectivity index (χ3v) is 3.26.